The molecule has 1 amide bonds. The van der Waals surface area contributed by atoms with E-state index in [0.29, 0.717) is 25.3 Å². The van der Waals surface area contributed by atoms with Crippen molar-refractivity contribution >= 4 is 5.91 Å². The molecule has 0 spiro atoms. The van der Waals surface area contributed by atoms with Crippen LogP contribution in [0.25, 0.3) is 0 Å². The molecule has 4 nitrogen and oxygen atoms in total. The molecule has 0 aliphatic carbocycles. The molecule has 0 aromatic heterocycles. The molecule has 5 heteroatoms. The first-order valence-corrected chi connectivity index (χ1v) is 8.93. The smallest absolute Gasteiger partial charge is 0.223 e. The zero-order valence-corrected chi connectivity index (χ0v) is 15.1. The number of piperidine rings is 1. The standard InChI is InChI=1S/C21H24FNO3/c1-3-26-20-12-15(6-9-19(20)25-2)17-11-16(21(24)23-13-17)10-14-4-7-18(22)8-5-14/h4-9,12,16-17H,3,10-11,13H2,1-2H3,(H,23,24)/t16-,17-/m1/s1. The van der Waals surface area contributed by atoms with E-state index < -0.39 is 0 Å². The van der Waals surface area contributed by atoms with Crippen molar-refractivity contribution in [3.63, 3.8) is 0 Å². The van der Waals surface area contributed by atoms with Gasteiger partial charge in [-0.15, -0.1) is 0 Å². The number of carbonyl (C=O) groups is 1. The highest BCUT2D eigenvalue weighted by Crippen LogP contribution is 2.35. The highest BCUT2D eigenvalue weighted by Gasteiger charge is 2.30. The van der Waals surface area contributed by atoms with Crippen LogP contribution in [0, 0.1) is 11.7 Å². The number of ether oxygens (including phenoxy) is 2. The van der Waals surface area contributed by atoms with Gasteiger partial charge in [0, 0.05) is 18.4 Å². The lowest BCUT2D eigenvalue weighted by Gasteiger charge is -2.30. The Morgan fingerprint density at radius 2 is 1.92 bits per heavy atom. The van der Waals surface area contributed by atoms with Crippen LogP contribution in [0.1, 0.15) is 30.4 Å². The lowest BCUT2D eigenvalue weighted by Crippen LogP contribution is -2.41. The second-order valence-corrected chi connectivity index (χ2v) is 6.55. The van der Waals surface area contributed by atoms with Crippen LogP contribution in [0.2, 0.25) is 0 Å². The number of carbonyl (C=O) groups excluding carboxylic acids is 1. The number of nitrogens with one attached hydrogen (secondary N) is 1. The van der Waals surface area contributed by atoms with Gasteiger partial charge in [-0.25, -0.2) is 4.39 Å². The van der Waals surface area contributed by atoms with Crippen molar-refractivity contribution in [2.75, 3.05) is 20.3 Å². The van der Waals surface area contributed by atoms with Crippen LogP contribution in [0.15, 0.2) is 42.5 Å². The minimum absolute atomic E-state index is 0.0594. The van der Waals surface area contributed by atoms with Gasteiger partial charge in [0.05, 0.1) is 13.7 Å². The van der Waals surface area contributed by atoms with Gasteiger partial charge in [-0.2, -0.15) is 0 Å². The average molecular weight is 357 g/mol. The second kappa shape index (κ2) is 8.21. The molecule has 1 heterocycles. The second-order valence-electron chi connectivity index (χ2n) is 6.55. The molecule has 0 unspecified atom stereocenters. The number of halogens is 1. The Morgan fingerprint density at radius 3 is 2.62 bits per heavy atom. The van der Waals surface area contributed by atoms with Gasteiger partial charge in [-0.3, -0.25) is 4.79 Å². The molecular formula is C21H24FNO3. The first-order valence-electron chi connectivity index (χ1n) is 8.93. The maximum absolute atomic E-state index is 13.1. The minimum Gasteiger partial charge on any atom is -0.493 e. The van der Waals surface area contributed by atoms with E-state index in [4.69, 9.17) is 9.47 Å². The molecule has 0 saturated carbocycles. The van der Waals surface area contributed by atoms with E-state index in [2.05, 4.69) is 5.32 Å². The first-order chi connectivity index (χ1) is 12.6. The fourth-order valence-corrected chi connectivity index (χ4v) is 3.45. The third-order valence-corrected chi connectivity index (χ3v) is 4.82. The molecule has 138 valence electrons. The zero-order valence-electron chi connectivity index (χ0n) is 15.1. The lowest BCUT2D eigenvalue weighted by atomic mass is 9.82. The number of benzene rings is 2. The van der Waals surface area contributed by atoms with Gasteiger partial charge in [-0.1, -0.05) is 18.2 Å². The van der Waals surface area contributed by atoms with E-state index in [9.17, 15) is 9.18 Å². The van der Waals surface area contributed by atoms with E-state index in [1.807, 2.05) is 25.1 Å². The van der Waals surface area contributed by atoms with Crippen molar-refractivity contribution in [1.82, 2.24) is 5.32 Å². The third-order valence-electron chi connectivity index (χ3n) is 4.82. The van der Waals surface area contributed by atoms with Gasteiger partial charge in [0.2, 0.25) is 5.91 Å². The molecule has 1 aliphatic heterocycles. The van der Waals surface area contributed by atoms with Gasteiger partial charge >= 0.3 is 0 Å². The molecule has 3 rings (SSSR count). The molecule has 1 fully saturated rings. The highest BCUT2D eigenvalue weighted by atomic mass is 19.1. The van der Waals surface area contributed by atoms with Gasteiger partial charge < -0.3 is 14.8 Å². The molecule has 2 atom stereocenters. The summed E-state index contributed by atoms with van der Waals surface area (Å²) in [6.45, 7) is 3.11. The molecule has 2 aromatic rings. The predicted octanol–water partition coefficient (Wildman–Crippen LogP) is 3.70. The quantitative estimate of drug-likeness (QED) is 0.858. The number of hydrogen-bond acceptors (Lipinski definition) is 3. The highest BCUT2D eigenvalue weighted by molar-refractivity contribution is 5.80. The first kappa shape index (κ1) is 18.2. The molecular weight excluding hydrogens is 333 g/mol. The van der Waals surface area contributed by atoms with Crippen LogP contribution in [0.5, 0.6) is 11.5 Å². The van der Waals surface area contributed by atoms with Crippen LogP contribution in [-0.4, -0.2) is 26.2 Å². The summed E-state index contributed by atoms with van der Waals surface area (Å²) in [6, 6.07) is 12.3. The molecule has 2 aromatic carbocycles. The van der Waals surface area contributed by atoms with Gasteiger partial charge in [0.1, 0.15) is 5.82 Å². The third kappa shape index (κ3) is 4.15. The van der Waals surface area contributed by atoms with Crippen molar-refractivity contribution in [2.45, 2.75) is 25.7 Å². The zero-order chi connectivity index (χ0) is 18.5. The van der Waals surface area contributed by atoms with Crippen molar-refractivity contribution in [3.05, 3.63) is 59.4 Å². The molecule has 1 aliphatic rings. The molecule has 1 saturated heterocycles. The summed E-state index contributed by atoms with van der Waals surface area (Å²) in [5, 5.41) is 3.01. The fourth-order valence-electron chi connectivity index (χ4n) is 3.45. The summed E-state index contributed by atoms with van der Waals surface area (Å²) in [6.07, 6.45) is 1.36. The normalized spacial score (nSPS) is 19.7. The van der Waals surface area contributed by atoms with Crippen molar-refractivity contribution < 1.29 is 18.7 Å². The van der Waals surface area contributed by atoms with E-state index in [1.165, 1.54) is 12.1 Å². The van der Waals surface area contributed by atoms with Crippen LogP contribution in [0.4, 0.5) is 4.39 Å². The molecule has 0 radical (unpaired) electrons. The maximum atomic E-state index is 13.1. The number of rotatable bonds is 6. The molecule has 1 N–H and O–H groups in total. The van der Waals surface area contributed by atoms with Gasteiger partial charge in [-0.05, 0) is 55.2 Å². The Kier molecular flexibility index (Phi) is 5.76. The largest absolute Gasteiger partial charge is 0.493 e. The number of methoxy groups -OCH3 is 1. The Bertz CT molecular complexity index is 760. The monoisotopic (exact) mass is 357 g/mol. The van der Waals surface area contributed by atoms with E-state index >= 15 is 0 Å². The lowest BCUT2D eigenvalue weighted by molar-refractivity contribution is -0.126. The minimum atomic E-state index is -0.263. The van der Waals surface area contributed by atoms with Crippen LogP contribution >= 0.6 is 0 Å². The molecule has 0 bridgehead atoms. The summed E-state index contributed by atoms with van der Waals surface area (Å²) in [5.74, 6) is 1.31. The number of hydrogen-bond donors (Lipinski definition) is 1. The van der Waals surface area contributed by atoms with Crippen LogP contribution < -0.4 is 14.8 Å². The predicted molar refractivity (Wildman–Crippen MR) is 98.1 cm³/mol. The van der Waals surface area contributed by atoms with E-state index in [0.717, 1.165) is 23.3 Å². The SMILES string of the molecule is CCOc1cc([C@H]2CNC(=O)[C@H](Cc3ccc(F)cc3)C2)ccc1OC. The van der Waals surface area contributed by atoms with E-state index in [-0.39, 0.29) is 23.6 Å². The summed E-state index contributed by atoms with van der Waals surface area (Å²) in [7, 11) is 1.62. The Morgan fingerprint density at radius 1 is 1.15 bits per heavy atom. The van der Waals surface area contributed by atoms with Crippen LogP contribution in [0.3, 0.4) is 0 Å². The summed E-state index contributed by atoms with van der Waals surface area (Å²) in [5.41, 5.74) is 2.09. The van der Waals surface area contributed by atoms with Crippen molar-refractivity contribution in [3.8, 4) is 11.5 Å². The Hall–Kier alpha value is -2.56. The average Bonchev–Trinajstić information content (AvgIpc) is 2.65. The fraction of sp³-hybridized carbons (Fsp3) is 0.381. The maximum Gasteiger partial charge on any atom is 0.223 e. The Balaban J connectivity index is 1.75. The van der Waals surface area contributed by atoms with Gasteiger partial charge in [0.25, 0.3) is 0 Å². The number of amides is 1. The van der Waals surface area contributed by atoms with Gasteiger partial charge in [0.15, 0.2) is 11.5 Å². The molecule has 26 heavy (non-hydrogen) atoms. The Labute approximate surface area is 153 Å². The summed E-state index contributed by atoms with van der Waals surface area (Å²) in [4.78, 5) is 12.3. The van der Waals surface area contributed by atoms with E-state index in [1.54, 1.807) is 19.2 Å². The van der Waals surface area contributed by atoms with Crippen LogP contribution in [-0.2, 0) is 11.2 Å². The van der Waals surface area contributed by atoms with Crippen molar-refractivity contribution in [1.29, 1.82) is 0 Å². The summed E-state index contributed by atoms with van der Waals surface area (Å²) >= 11 is 0. The van der Waals surface area contributed by atoms with Crippen molar-refractivity contribution in [2.24, 2.45) is 5.92 Å². The topological polar surface area (TPSA) is 47.6 Å². The summed E-state index contributed by atoms with van der Waals surface area (Å²) < 4.78 is 24.1.